The number of amides is 1. The molecule has 0 atom stereocenters. The quantitative estimate of drug-likeness (QED) is 0.335. The van der Waals surface area contributed by atoms with Crippen LogP contribution >= 0.6 is 0 Å². The molecule has 0 saturated carbocycles. The molecular weight excluding hydrogens is 479 g/mol. The average Bonchev–Trinajstić information content (AvgIpc) is 3.57. The van der Waals surface area contributed by atoms with E-state index in [9.17, 15) is 18.0 Å². The van der Waals surface area contributed by atoms with Gasteiger partial charge in [0.2, 0.25) is 0 Å². The molecule has 5 aromatic rings. The van der Waals surface area contributed by atoms with E-state index < -0.39 is 18.0 Å². The Bertz CT molecular complexity index is 1550. The van der Waals surface area contributed by atoms with Crippen LogP contribution in [0.15, 0.2) is 53.3 Å². The first-order chi connectivity index (χ1) is 17.2. The van der Waals surface area contributed by atoms with Gasteiger partial charge >= 0.3 is 12.3 Å². The van der Waals surface area contributed by atoms with Gasteiger partial charge in [0.25, 0.3) is 0 Å². The summed E-state index contributed by atoms with van der Waals surface area (Å²) in [5.41, 5.74) is 1.46. The average molecular weight is 499 g/mol. The third kappa shape index (κ3) is 4.32. The van der Waals surface area contributed by atoms with E-state index in [1.54, 1.807) is 7.11 Å². The van der Waals surface area contributed by atoms with Gasteiger partial charge in [-0.15, -0.1) is 0 Å². The summed E-state index contributed by atoms with van der Waals surface area (Å²) in [6.07, 6.45) is -2.75. The number of nitrogens with zero attached hydrogens (tertiary/aromatic N) is 3. The van der Waals surface area contributed by atoms with Crippen LogP contribution in [0.3, 0.4) is 0 Å². The van der Waals surface area contributed by atoms with E-state index in [4.69, 9.17) is 13.9 Å². The lowest BCUT2D eigenvalue weighted by atomic mass is 10.1. The fourth-order valence-electron chi connectivity index (χ4n) is 4.00. The summed E-state index contributed by atoms with van der Waals surface area (Å²) < 4.78 is 57.3. The predicted molar refractivity (Wildman–Crippen MR) is 123 cm³/mol. The number of carbonyl (C=O) groups excluding carboxylic acids is 1. The number of furan rings is 1. The highest BCUT2D eigenvalue weighted by Crippen LogP contribution is 2.34. The summed E-state index contributed by atoms with van der Waals surface area (Å²) in [6.45, 7) is 2.15. The lowest BCUT2D eigenvalue weighted by Crippen LogP contribution is -2.28. The monoisotopic (exact) mass is 499 g/mol. The highest BCUT2D eigenvalue weighted by molar-refractivity contribution is 5.86. The Morgan fingerprint density at radius 3 is 2.81 bits per heavy atom. The lowest BCUT2D eigenvalue weighted by molar-refractivity contribution is -0.142. The Labute approximate surface area is 201 Å². The Kier molecular flexibility index (Phi) is 5.78. The number of nitrogens with one attached hydrogen (secondary N) is 2. The molecule has 4 heterocycles. The normalized spacial score (nSPS) is 11.8. The largest absolute Gasteiger partial charge is 0.497 e. The van der Waals surface area contributed by atoms with E-state index in [1.165, 1.54) is 18.4 Å². The predicted octanol–water partition coefficient (Wildman–Crippen LogP) is 5.14. The van der Waals surface area contributed by atoms with Gasteiger partial charge in [0.05, 0.1) is 19.6 Å². The standard InChI is InChI=1S/C24H20F3N5O4/c1-13-15(16-10-14(34-2)5-6-17(16)30-13)7-8-28-23(33)36-20-12-29-32-21(24(25,26)27)11-18(31-22(20)32)19-4-3-9-35-19/h3-6,9-12,30H,7-8H2,1-2H3,(H,28,33). The number of carbonyl (C=O) groups is 1. The summed E-state index contributed by atoms with van der Waals surface area (Å²) in [5.74, 6) is 0.618. The summed E-state index contributed by atoms with van der Waals surface area (Å²) in [7, 11) is 1.59. The first kappa shape index (κ1) is 23.3. The van der Waals surface area contributed by atoms with Crippen molar-refractivity contribution in [2.24, 2.45) is 0 Å². The SMILES string of the molecule is COc1ccc2[nH]c(C)c(CCNC(=O)Oc3cnn4c(C(F)(F)F)cc(-c5ccco5)nc34)c2c1. The molecule has 0 radical (unpaired) electrons. The molecule has 12 heteroatoms. The van der Waals surface area contributed by atoms with Gasteiger partial charge in [-0.1, -0.05) is 0 Å². The summed E-state index contributed by atoms with van der Waals surface area (Å²) in [4.78, 5) is 19.9. The second-order valence-electron chi connectivity index (χ2n) is 7.95. The fraction of sp³-hybridized carbons (Fsp3) is 0.208. The molecule has 0 bridgehead atoms. The van der Waals surface area contributed by atoms with Crippen molar-refractivity contribution < 1.29 is 31.9 Å². The topological polar surface area (TPSA) is 107 Å². The molecule has 5 rings (SSSR count). The van der Waals surface area contributed by atoms with Crippen molar-refractivity contribution >= 4 is 22.6 Å². The van der Waals surface area contributed by atoms with Crippen LogP contribution in [-0.2, 0) is 12.6 Å². The minimum atomic E-state index is -4.73. The van der Waals surface area contributed by atoms with Crippen molar-refractivity contribution in [3.63, 3.8) is 0 Å². The van der Waals surface area contributed by atoms with Crippen molar-refractivity contribution in [2.45, 2.75) is 19.5 Å². The highest BCUT2D eigenvalue weighted by Gasteiger charge is 2.36. The Morgan fingerprint density at radius 2 is 2.08 bits per heavy atom. The van der Waals surface area contributed by atoms with Crippen molar-refractivity contribution in [3.8, 4) is 23.0 Å². The lowest BCUT2D eigenvalue weighted by Gasteiger charge is -2.10. The summed E-state index contributed by atoms with van der Waals surface area (Å²) >= 11 is 0. The Morgan fingerprint density at radius 1 is 1.25 bits per heavy atom. The second-order valence-corrected chi connectivity index (χ2v) is 7.95. The number of hydrogen-bond donors (Lipinski definition) is 2. The molecule has 0 unspecified atom stereocenters. The summed E-state index contributed by atoms with van der Waals surface area (Å²) in [5, 5.41) is 7.32. The van der Waals surface area contributed by atoms with E-state index >= 15 is 0 Å². The second kappa shape index (κ2) is 8.95. The molecule has 0 aliphatic rings. The molecule has 1 aromatic carbocycles. The molecule has 4 aromatic heterocycles. The van der Waals surface area contributed by atoms with Crippen LogP contribution in [0.1, 0.15) is 17.0 Å². The van der Waals surface area contributed by atoms with E-state index in [-0.39, 0.29) is 29.4 Å². The maximum atomic E-state index is 13.7. The fourth-order valence-corrected chi connectivity index (χ4v) is 4.00. The van der Waals surface area contributed by atoms with Gasteiger partial charge in [-0.05, 0) is 55.3 Å². The minimum absolute atomic E-state index is 0.0733. The molecule has 0 fully saturated rings. The maximum Gasteiger partial charge on any atom is 0.433 e. The number of aromatic nitrogens is 4. The van der Waals surface area contributed by atoms with Crippen LogP contribution in [0, 0.1) is 6.92 Å². The van der Waals surface area contributed by atoms with Crippen LogP contribution < -0.4 is 14.8 Å². The summed E-state index contributed by atoms with van der Waals surface area (Å²) in [6, 6.07) is 9.50. The number of methoxy groups -OCH3 is 1. The third-order valence-electron chi connectivity index (χ3n) is 5.68. The molecule has 2 N–H and O–H groups in total. The van der Waals surface area contributed by atoms with E-state index in [2.05, 4.69) is 20.4 Å². The number of ether oxygens (including phenoxy) is 2. The number of alkyl halides is 3. The molecular formula is C24H20F3N5O4. The van der Waals surface area contributed by atoms with Gasteiger partial charge in [-0.2, -0.15) is 18.3 Å². The number of benzene rings is 1. The smallest absolute Gasteiger partial charge is 0.433 e. The van der Waals surface area contributed by atoms with Gasteiger partial charge < -0.3 is 24.2 Å². The van der Waals surface area contributed by atoms with E-state index in [0.717, 1.165) is 34.4 Å². The molecule has 1 amide bonds. The molecule has 0 saturated heterocycles. The van der Waals surface area contributed by atoms with E-state index in [0.29, 0.717) is 16.7 Å². The van der Waals surface area contributed by atoms with Crippen LogP contribution in [-0.4, -0.2) is 39.3 Å². The first-order valence-corrected chi connectivity index (χ1v) is 10.9. The molecule has 186 valence electrons. The molecule has 36 heavy (non-hydrogen) atoms. The number of halogens is 3. The molecule has 0 aliphatic carbocycles. The molecule has 0 spiro atoms. The number of rotatable bonds is 6. The zero-order valence-electron chi connectivity index (χ0n) is 19.1. The number of aromatic amines is 1. The highest BCUT2D eigenvalue weighted by atomic mass is 19.4. The molecule has 9 nitrogen and oxygen atoms in total. The number of aryl methyl sites for hydroxylation is 1. The maximum absolute atomic E-state index is 13.7. The van der Waals surface area contributed by atoms with Crippen molar-refractivity contribution in [2.75, 3.05) is 13.7 Å². The van der Waals surface area contributed by atoms with Gasteiger partial charge in [-0.25, -0.2) is 14.3 Å². The van der Waals surface area contributed by atoms with Crippen LogP contribution in [0.25, 0.3) is 28.0 Å². The van der Waals surface area contributed by atoms with E-state index in [1.807, 2.05) is 25.1 Å². The van der Waals surface area contributed by atoms with Crippen LogP contribution in [0.4, 0.5) is 18.0 Å². The zero-order chi connectivity index (χ0) is 25.4. The number of hydrogen-bond acceptors (Lipinski definition) is 6. The van der Waals surface area contributed by atoms with Gasteiger partial charge in [-0.3, -0.25) is 0 Å². The van der Waals surface area contributed by atoms with Gasteiger partial charge in [0, 0.05) is 23.1 Å². The van der Waals surface area contributed by atoms with Crippen molar-refractivity contribution in [3.05, 3.63) is 65.8 Å². The Balaban J connectivity index is 1.34. The van der Waals surface area contributed by atoms with Gasteiger partial charge in [0.15, 0.2) is 22.9 Å². The number of H-pyrrole nitrogens is 1. The Hall–Kier alpha value is -4.48. The van der Waals surface area contributed by atoms with Crippen molar-refractivity contribution in [1.29, 1.82) is 0 Å². The third-order valence-corrected chi connectivity index (χ3v) is 5.68. The first-order valence-electron chi connectivity index (χ1n) is 10.9. The zero-order valence-corrected chi connectivity index (χ0v) is 19.1. The molecule has 0 aliphatic heterocycles. The van der Waals surface area contributed by atoms with Crippen LogP contribution in [0.2, 0.25) is 0 Å². The minimum Gasteiger partial charge on any atom is -0.497 e. The number of fused-ring (bicyclic) bond motifs is 2. The van der Waals surface area contributed by atoms with Crippen molar-refractivity contribution in [1.82, 2.24) is 24.9 Å². The van der Waals surface area contributed by atoms with Crippen LogP contribution in [0.5, 0.6) is 11.5 Å². The van der Waals surface area contributed by atoms with Gasteiger partial charge in [0.1, 0.15) is 11.4 Å².